The molecule has 76 valence electrons. The number of nitrogens with one attached hydrogen (secondary N) is 1. The summed E-state index contributed by atoms with van der Waals surface area (Å²) in [5.41, 5.74) is 1.67. The van der Waals surface area contributed by atoms with E-state index in [0.29, 0.717) is 19.0 Å². The van der Waals surface area contributed by atoms with E-state index in [-0.39, 0.29) is 12.3 Å². The summed E-state index contributed by atoms with van der Waals surface area (Å²) < 4.78 is 10.3. The molecule has 1 N–H and O–H groups in total. The molecule has 5 heteroatoms. The molecule has 1 aromatic heterocycles. The maximum absolute atomic E-state index is 11.5. The third-order valence-corrected chi connectivity index (χ3v) is 2.19. The van der Waals surface area contributed by atoms with E-state index in [9.17, 15) is 4.79 Å². The van der Waals surface area contributed by atoms with Crippen LogP contribution in [0.15, 0.2) is 4.52 Å². The van der Waals surface area contributed by atoms with E-state index in [1.54, 1.807) is 7.05 Å². The van der Waals surface area contributed by atoms with Gasteiger partial charge in [0, 0.05) is 6.42 Å². The molecule has 1 aromatic rings. The summed E-state index contributed by atoms with van der Waals surface area (Å²) >= 11 is 0. The summed E-state index contributed by atoms with van der Waals surface area (Å²) in [6, 6.07) is 0. The third kappa shape index (κ3) is 1.56. The Morgan fingerprint density at radius 1 is 1.64 bits per heavy atom. The predicted octanol–water partition coefficient (Wildman–Crippen LogP) is 0.149. The Bertz CT molecular complexity index is 346. The molecular weight excluding hydrogens is 184 g/mol. The van der Waals surface area contributed by atoms with Crippen LogP contribution >= 0.6 is 0 Å². The van der Waals surface area contributed by atoms with Gasteiger partial charge in [-0.25, -0.2) is 0 Å². The normalized spacial score (nSPS) is 15.2. The Hall–Kier alpha value is -1.20. The lowest BCUT2D eigenvalue weighted by Crippen LogP contribution is -2.20. The van der Waals surface area contributed by atoms with Gasteiger partial charge in [-0.3, -0.25) is 4.79 Å². The molecule has 14 heavy (non-hydrogen) atoms. The molecule has 0 spiro atoms. The number of ether oxygens (including phenoxy) is 1. The van der Waals surface area contributed by atoms with Crippen LogP contribution in [-0.2, 0) is 17.8 Å². The molecule has 1 aliphatic rings. The second-order valence-corrected chi connectivity index (χ2v) is 3.19. The molecule has 0 amide bonds. The molecule has 5 nitrogen and oxygen atoms in total. The number of Topliss-reactive ketones (excluding diaryl/α,β-unsaturated/α-hetero) is 1. The van der Waals surface area contributed by atoms with Crippen LogP contribution in [0.25, 0.3) is 0 Å². The molecule has 0 radical (unpaired) electrons. The van der Waals surface area contributed by atoms with Crippen LogP contribution in [0.1, 0.15) is 21.8 Å². The first kappa shape index (κ1) is 9.36. The van der Waals surface area contributed by atoms with E-state index < -0.39 is 0 Å². The second-order valence-electron chi connectivity index (χ2n) is 3.19. The van der Waals surface area contributed by atoms with Gasteiger partial charge in [0.05, 0.1) is 31.0 Å². The van der Waals surface area contributed by atoms with Gasteiger partial charge >= 0.3 is 0 Å². The van der Waals surface area contributed by atoms with Gasteiger partial charge in [0.25, 0.3) is 0 Å². The number of ketones is 1. The minimum atomic E-state index is -0.0771. The fourth-order valence-electron chi connectivity index (χ4n) is 1.49. The highest BCUT2D eigenvalue weighted by Crippen LogP contribution is 2.20. The third-order valence-electron chi connectivity index (χ3n) is 2.19. The highest BCUT2D eigenvalue weighted by Gasteiger charge is 2.23. The molecule has 0 aliphatic carbocycles. The summed E-state index contributed by atoms with van der Waals surface area (Å²) in [5.74, 6) is 0.265. The summed E-state index contributed by atoms with van der Waals surface area (Å²) in [7, 11) is 1.72. The molecule has 0 bridgehead atoms. The van der Waals surface area contributed by atoms with E-state index in [2.05, 4.69) is 10.5 Å². The van der Waals surface area contributed by atoms with Crippen molar-refractivity contribution in [3.8, 4) is 0 Å². The van der Waals surface area contributed by atoms with Gasteiger partial charge in [-0.05, 0) is 7.05 Å². The standard InChI is InChI=1S/C9H12N2O3/c1-10-4-8(12)9-6-5-13-3-2-7(6)11-14-9/h10H,2-5H2,1H3. The summed E-state index contributed by atoms with van der Waals surface area (Å²) in [4.78, 5) is 11.5. The molecule has 1 aliphatic heterocycles. The van der Waals surface area contributed by atoms with Crippen molar-refractivity contribution >= 4 is 5.78 Å². The summed E-state index contributed by atoms with van der Waals surface area (Å²) in [5, 5.41) is 6.64. The molecule has 0 saturated heterocycles. The predicted molar refractivity (Wildman–Crippen MR) is 48.1 cm³/mol. The smallest absolute Gasteiger partial charge is 0.214 e. The number of carbonyl (C=O) groups is 1. The Labute approximate surface area is 81.4 Å². The van der Waals surface area contributed by atoms with E-state index in [1.165, 1.54) is 0 Å². The van der Waals surface area contributed by atoms with Crippen molar-refractivity contribution in [1.29, 1.82) is 0 Å². The number of nitrogens with zero attached hydrogens (tertiary/aromatic N) is 1. The van der Waals surface area contributed by atoms with Crippen molar-refractivity contribution in [2.45, 2.75) is 13.0 Å². The molecule has 2 rings (SSSR count). The number of hydrogen-bond donors (Lipinski definition) is 1. The molecule has 2 heterocycles. The van der Waals surface area contributed by atoms with Crippen LogP contribution < -0.4 is 5.32 Å². The van der Waals surface area contributed by atoms with Crippen LogP contribution in [0.5, 0.6) is 0 Å². The van der Waals surface area contributed by atoms with Crippen LogP contribution in [0.2, 0.25) is 0 Å². The number of aromatic nitrogens is 1. The first-order valence-corrected chi connectivity index (χ1v) is 4.56. The molecule has 0 fully saturated rings. The lowest BCUT2D eigenvalue weighted by Gasteiger charge is -2.09. The zero-order valence-corrected chi connectivity index (χ0v) is 8.00. The summed E-state index contributed by atoms with van der Waals surface area (Å²) in [6.07, 6.45) is 0.728. The topological polar surface area (TPSA) is 64.4 Å². The number of likely N-dealkylation sites (N-methyl/N-ethyl adjacent to an activating group) is 1. The van der Waals surface area contributed by atoms with Gasteiger partial charge in [0.1, 0.15) is 0 Å². The average molecular weight is 196 g/mol. The van der Waals surface area contributed by atoms with Crippen LogP contribution in [0.3, 0.4) is 0 Å². The van der Waals surface area contributed by atoms with E-state index >= 15 is 0 Å². The van der Waals surface area contributed by atoms with E-state index in [4.69, 9.17) is 9.26 Å². The zero-order chi connectivity index (χ0) is 9.97. The molecule has 0 unspecified atom stereocenters. The van der Waals surface area contributed by atoms with Crippen molar-refractivity contribution in [1.82, 2.24) is 10.5 Å². The van der Waals surface area contributed by atoms with Crippen LogP contribution in [-0.4, -0.2) is 31.1 Å². The average Bonchev–Trinajstić information content (AvgIpc) is 2.61. The van der Waals surface area contributed by atoms with Gasteiger partial charge in [-0.2, -0.15) is 0 Å². The Balaban J connectivity index is 2.25. The minimum absolute atomic E-state index is 0.0771. The molecule has 0 atom stereocenters. The Morgan fingerprint density at radius 2 is 2.50 bits per heavy atom. The van der Waals surface area contributed by atoms with E-state index in [0.717, 1.165) is 17.7 Å². The first-order chi connectivity index (χ1) is 6.83. The number of fused-ring (bicyclic) bond motifs is 1. The first-order valence-electron chi connectivity index (χ1n) is 4.56. The maximum atomic E-state index is 11.5. The van der Waals surface area contributed by atoms with Gasteiger partial charge < -0.3 is 14.6 Å². The summed E-state index contributed by atoms with van der Waals surface area (Å²) in [6.45, 7) is 1.35. The monoisotopic (exact) mass is 196 g/mol. The van der Waals surface area contributed by atoms with Crippen molar-refractivity contribution in [3.63, 3.8) is 0 Å². The van der Waals surface area contributed by atoms with Gasteiger partial charge in [-0.1, -0.05) is 5.16 Å². The van der Waals surface area contributed by atoms with E-state index in [1.807, 2.05) is 0 Å². The highest BCUT2D eigenvalue weighted by molar-refractivity contribution is 5.96. The SMILES string of the molecule is CNCC(=O)c1onc2c1COCC2. The lowest BCUT2D eigenvalue weighted by molar-refractivity contribution is 0.0935. The number of carbonyl (C=O) groups excluding carboxylic acids is 1. The van der Waals surface area contributed by atoms with Crippen LogP contribution in [0, 0.1) is 0 Å². The minimum Gasteiger partial charge on any atom is -0.376 e. The maximum Gasteiger partial charge on any atom is 0.214 e. The second kappa shape index (κ2) is 3.89. The van der Waals surface area contributed by atoms with Crippen molar-refractivity contribution in [2.24, 2.45) is 0 Å². The largest absolute Gasteiger partial charge is 0.376 e. The fourth-order valence-corrected chi connectivity index (χ4v) is 1.49. The molecule has 0 aromatic carbocycles. The fraction of sp³-hybridized carbons (Fsp3) is 0.556. The Morgan fingerprint density at radius 3 is 3.29 bits per heavy atom. The lowest BCUT2D eigenvalue weighted by atomic mass is 10.1. The number of hydrogen-bond acceptors (Lipinski definition) is 5. The molecule has 0 saturated carbocycles. The van der Waals surface area contributed by atoms with Crippen molar-refractivity contribution in [3.05, 3.63) is 17.0 Å². The van der Waals surface area contributed by atoms with Crippen molar-refractivity contribution < 1.29 is 14.1 Å². The molecular formula is C9H12N2O3. The zero-order valence-electron chi connectivity index (χ0n) is 8.00. The highest BCUT2D eigenvalue weighted by atomic mass is 16.5. The van der Waals surface area contributed by atoms with Gasteiger partial charge in [-0.15, -0.1) is 0 Å². The quantitative estimate of drug-likeness (QED) is 0.697. The van der Waals surface area contributed by atoms with Crippen LogP contribution in [0.4, 0.5) is 0 Å². The Kier molecular flexibility index (Phi) is 2.60. The van der Waals surface area contributed by atoms with Gasteiger partial charge in [0.2, 0.25) is 11.5 Å². The number of rotatable bonds is 3. The van der Waals surface area contributed by atoms with Crippen molar-refractivity contribution in [2.75, 3.05) is 20.2 Å². The van der Waals surface area contributed by atoms with Gasteiger partial charge in [0.15, 0.2) is 0 Å².